The van der Waals surface area contributed by atoms with Crippen LogP contribution in [-0.4, -0.2) is 46.9 Å². The Morgan fingerprint density at radius 2 is 2.09 bits per heavy atom. The second-order valence-electron chi connectivity index (χ2n) is 9.18. The third-order valence-electron chi connectivity index (χ3n) is 6.94. The van der Waals surface area contributed by atoms with Crippen LogP contribution in [0.25, 0.3) is 0 Å². The molecule has 10 heteroatoms. The Balaban J connectivity index is 1.25. The number of halogens is 2. The van der Waals surface area contributed by atoms with Crippen LogP contribution in [0.15, 0.2) is 42.6 Å². The van der Waals surface area contributed by atoms with Crippen LogP contribution in [-0.2, 0) is 10.2 Å². The number of hydrogen-bond donors (Lipinski definition) is 2. The standard InChI is InChI=1S/C25H23ClFN3O4S/c26-18-10-15(27)2-3-17(18)22(30-8-5-16(31)12-30)21-11-28-24(35-21)29-23(32)25(6-7-25)14-1-4-19-20(9-14)34-13-33-19/h1-4,9-11,16,22,31H,5-8,12-13H2,(H,28,29,32)/t16-,22-/m1/s1. The molecule has 7 nitrogen and oxygen atoms in total. The van der Waals surface area contributed by atoms with Gasteiger partial charge in [0.1, 0.15) is 5.82 Å². The average molecular weight is 516 g/mol. The Hall–Kier alpha value is -2.72. The summed E-state index contributed by atoms with van der Waals surface area (Å²) >= 11 is 7.78. The first-order valence-corrected chi connectivity index (χ1v) is 12.7. The molecule has 0 spiro atoms. The van der Waals surface area contributed by atoms with Crippen LogP contribution < -0.4 is 14.8 Å². The van der Waals surface area contributed by atoms with Crippen molar-refractivity contribution < 1.29 is 23.8 Å². The zero-order chi connectivity index (χ0) is 24.2. The molecule has 2 aliphatic heterocycles. The van der Waals surface area contributed by atoms with E-state index in [0.717, 1.165) is 28.8 Å². The van der Waals surface area contributed by atoms with Gasteiger partial charge in [-0.15, -0.1) is 0 Å². The van der Waals surface area contributed by atoms with Gasteiger partial charge >= 0.3 is 0 Å². The number of anilines is 1. The Morgan fingerprint density at radius 3 is 2.83 bits per heavy atom. The van der Waals surface area contributed by atoms with E-state index in [1.165, 1.54) is 23.5 Å². The molecule has 1 saturated carbocycles. The Labute approximate surface area is 210 Å². The van der Waals surface area contributed by atoms with Crippen molar-refractivity contribution >= 4 is 34.0 Å². The molecule has 0 bridgehead atoms. The molecule has 35 heavy (non-hydrogen) atoms. The van der Waals surface area contributed by atoms with Crippen LogP contribution >= 0.6 is 22.9 Å². The summed E-state index contributed by atoms with van der Waals surface area (Å²) in [6, 6.07) is 9.69. The van der Waals surface area contributed by atoms with E-state index in [0.29, 0.717) is 41.2 Å². The Bertz CT molecular complexity index is 1300. The monoisotopic (exact) mass is 515 g/mol. The van der Waals surface area contributed by atoms with E-state index in [4.69, 9.17) is 21.1 Å². The van der Waals surface area contributed by atoms with Crippen molar-refractivity contribution in [3.05, 3.63) is 69.4 Å². The van der Waals surface area contributed by atoms with Crippen molar-refractivity contribution in [3.8, 4) is 11.5 Å². The van der Waals surface area contributed by atoms with E-state index in [-0.39, 0.29) is 18.7 Å². The van der Waals surface area contributed by atoms with Gasteiger partial charge in [-0.1, -0.05) is 35.1 Å². The zero-order valence-electron chi connectivity index (χ0n) is 18.7. The van der Waals surface area contributed by atoms with Gasteiger partial charge in [0, 0.05) is 29.2 Å². The summed E-state index contributed by atoms with van der Waals surface area (Å²) in [6.45, 7) is 1.34. The van der Waals surface area contributed by atoms with E-state index in [1.807, 2.05) is 18.2 Å². The summed E-state index contributed by atoms with van der Waals surface area (Å²) in [5.41, 5.74) is 1.03. The number of nitrogens with zero attached hydrogens (tertiary/aromatic N) is 2. The molecule has 1 aliphatic carbocycles. The number of hydrogen-bond acceptors (Lipinski definition) is 7. The number of likely N-dealkylation sites (tertiary alicyclic amines) is 1. The number of nitrogens with one attached hydrogen (secondary N) is 1. The van der Waals surface area contributed by atoms with Crippen molar-refractivity contribution in [1.82, 2.24) is 9.88 Å². The molecular formula is C25H23ClFN3O4S. The number of carbonyl (C=O) groups excluding carboxylic acids is 1. The first-order valence-electron chi connectivity index (χ1n) is 11.5. The zero-order valence-corrected chi connectivity index (χ0v) is 20.2. The van der Waals surface area contributed by atoms with Crippen LogP contribution in [0, 0.1) is 5.82 Å². The predicted molar refractivity (Wildman–Crippen MR) is 130 cm³/mol. The number of amides is 1. The number of rotatable bonds is 6. The van der Waals surface area contributed by atoms with Gasteiger partial charge in [0.15, 0.2) is 16.6 Å². The van der Waals surface area contributed by atoms with Crippen molar-refractivity contribution in [1.29, 1.82) is 0 Å². The molecule has 6 rings (SSSR count). The smallest absolute Gasteiger partial charge is 0.236 e. The van der Waals surface area contributed by atoms with Gasteiger partial charge in [-0.3, -0.25) is 9.69 Å². The van der Waals surface area contributed by atoms with Gasteiger partial charge in [-0.05, 0) is 54.7 Å². The number of thiazole rings is 1. The number of fused-ring (bicyclic) bond motifs is 1. The number of carbonyl (C=O) groups is 1. The molecule has 0 radical (unpaired) electrons. The Kier molecular flexibility index (Phi) is 5.68. The average Bonchev–Trinajstić information content (AvgIpc) is 3.12. The fourth-order valence-electron chi connectivity index (χ4n) is 4.91. The first kappa shape index (κ1) is 22.7. The second-order valence-corrected chi connectivity index (χ2v) is 10.6. The van der Waals surface area contributed by atoms with Crippen molar-refractivity contribution in [3.63, 3.8) is 0 Å². The highest BCUT2D eigenvalue weighted by Crippen LogP contribution is 2.51. The normalized spacial score (nSPS) is 21.2. The summed E-state index contributed by atoms with van der Waals surface area (Å²) < 4.78 is 24.6. The summed E-state index contributed by atoms with van der Waals surface area (Å²) in [5, 5.41) is 13.9. The lowest BCUT2D eigenvalue weighted by Gasteiger charge is -2.27. The minimum absolute atomic E-state index is 0.106. The highest BCUT2D eigenvalue weighted by Gasteiger charge is 2.52. The lowest BCUT2D eigenvalue weighted by Crippen LogP contribution is -2.28. The van der Waals surface area contributed by atoms with Crippen molar-refractivity contribution in [2.45, 2.75) is 36.8 Å². The second kappa shape index (κ2) is 8.74. The molecule has 3 aromatic rings. The van der Waals surface area contributed by atoms with Crippen LogP contribution in [0.3, 0.4) is 0 Å². The van der Waals surface area contributed by atoms with Crippen LogP contribution in [0.5, 0.6) is 11.5 Å². The van der Waals surface area contributed by atoms with E-state index in [1.54, 1.807) is 12.3 Å². The maximum absolute atomic E-state index is 13.7. The predicted octanol–water partition coefficient (Wildman–Crippen LogP) is 4.49. The van der Waals surface area contributed by atoms with Gasteiger partial charge in [0.2, 0.25) is 12.7 Å². The first-order chi connectivity index (χ1) is 16.9. The molecule has 3 aliphatic rings. The largest absolute Gasteiger partial charge is 0.454 e. The number of ether oxygens (including phenoxy) is 2. The summed E-state index contributed by atoms with van der Waals surface area (Å²) in [7, 11) is 0. The fourth-order valence-corrected chi connectivity index (χ4v) is 6.15. The van der Waals surface area contributed by atoms with Gasteiger partial charge in [0.05, 0.1) is 17.6 Å². The van der Waals surface area contributed by atoms with E-state index in [9.17, 15) is 14.3 Å². The number of benzene rings is 2. The maximum Gasteiger partial charge on any atom is 0.236 e. The Morgan fingerprint density at radius 1 is 1.26 bits per heavy atom. The van der Waals surface area contributed by atoms with E-state index in [2.05, 4.69) is 15.2 Å². The number of aliphatic hydroxyl groups excluding tert-OH is 1. The highest BCUT2D eigenvalue weighted by atomic mass is 35.5. The lowest BCUT2D eigenvalue weighted by atomic mass is 9.94. The molecular weight excluding hydrogens is 493 g/mol. The van der Waals surface area contributed by atoms with Crippen molar-refractivity contribution in [2.75, 3.05) is 25.2 Å². The quantitative estimate of drug-likeness (QED) is 0.503. The lowest BCUT2D eigenvalue weighted by molar-refractivity contribution is -0.118. The van der Waals surface area contributed by atoms with Gasteiger partial charge in [0.25, 0.3) is 0 Å². The van der Waals surface area contributed by atoms with E-state index < -0.39 is 17.3 Å². The minimum atomic E-state index is -0.606. The topological polar surface area (TPSA) is 83.9 Å². The van der Waals surface area contributed by atoms with Crippen LogP contribution in [0.4, 0.5) is 9.52 Å². The molecule has 0 unspecified atom stereocenters. The molecule has 2 fully saturated rings. The summed E-state index contributed by atoms with van der Waals surface area (Å²) in [5.74, 6) is 0.830. The molecule has 1 amide bonds. The maximum atomic E-state index is 13.7. The van der Waals surface area contributed by atoms with Gasteiger partial charge in [-0.25, -0.2) is 9.37 Å². The molecule has 2 N–H and O–H groups in total. The highest BCUT2D eigenvalue weighted by molar-refractivity contribution is 7.15. The molecule has 182 valence electrons. The van der Waals surface area contributed by atoms with Crippen LogP contribution in [0.1, 0.15) is 41.3 Å². The number of aromatic nitrogens is 1. The van der Waals surface area contributed by atoms with Gasteiger partial charge in [-0.2, -0.15) is 0 Å². The molecule has 2 atom stereocenters. The molecule has 3 heterocycles. The molecule has 1 saturated heterocycles. The molecule has 2 aromatic carbocycles. The minimum Gasteiger partial charge on any atom is -0.454 e. The van der Waals surface area contributed by atoms with Crippen LogP contribution in [0.2, 0.25) is 5.02 Å². The third-order valence-corrected chi connectivity index (χ3v) is 8.23. The van der Waals surface area contributed by atoms with E-state index >= 15 is 0 Å². The summed E-state index contributed by atoms with van der Waals surface area (Å²) in [6.07, 6.45) is 3.43. The fraction of sp³-hybridized carbons (Fsp3) is 0.360. The number of β-amino-alcohol motifs (C(OH)–C–C–N with tert-alkyl or cyclic N) is 1. The molecule has 1 aromatic heterocycles. The SMILES string of the molecule is O=C(Nc1ncc([C@@H](c2ccc(F)cc2Cl)N2CC[C@@H](O)C2)s1)C1(c2ccc3c(c2)OCO3)CC1. The third kappa shape index (κ3) is 4.16. The summed E-state index contributed by atoms with van der Waals surface area (Å²) in [4.78, 5) is 20.7. The van der Waals surface area contributed by atoms with Gasteiger partial charge < -0.3 is 19.9 Å². The van der Waals surface area contributed by atoms with Crippen molar-refractivity contribution in [2.24, 2.45) is 0 Å². The number of aliphatic hydroxyl groups is 1.